The number of anilines is 1. The zero-order chi connectivity index (χ0) is 14.5. The molecule has 0 bridgehead atoms. The van der Waals surface area contributed by atoms with E-state index < -0.39 is 0 Å². The summed E-state index contributed by atoms with van der Waals surface area (Å²) in [7, 11) is 0. The van der Waals surface area contributed by atoms with Crippen LogP contribution in [-0.4, -0.2) is 19.6 Å². The highest BCUT2D eigenvalue weighted by Gasteiger charge is 2.23. The highest BCUT2D eigenvalue weighted by Crippen LogP contribution is 2.29. The van der Waals surface area contributed by atoms with Gasteiger partial charge in [-0.25, -0.2) is 4.39 Å². The van der Waals surface area contributed by atoms with Crippen molar-refractivity contribution in [3.8, 4) is 0 Å². The van der Waals surface area contributed by atoms with Gasteiger partial charge in [0.25, 0.3) is 0 Å². The van der Waals surface area contributed by atoms with Crippen molar-refractivity contribution in [1.82, 2.24) is 5.32 Å². The van der Waals surface area contributed by atoms with E-state index in [1.165, 1.54) is 12.8 Å². The number of hydrogen-bond acceptors (Lipinski definition) is 2. The van der Waals surface area contributed by atoms with Gasteiger partial charge < -0.3 is 10.2 Å². The molecule has 112 valence electrons. The van der Waals surface area contributed by atoms with Crippen LogP contribution in [0.5, 0.6) is 0 Å². The molecule has 0 spiro atoms. The lowest BCUT2D eigenvalue weighted by molar-refractivity contribution is 0.559. The lowest BCUT2D eigenvalue weighted by Crippen LogP contribution is -2.22. The Morgan fingerprint density at radius 2 is 2.20 bits per heavy atom. The van der Waals surface area contributed by atoms with Gasteiger partial charge in [-0.05, 0) is 49.9 Å². The summed E-state index contributed by atoms with van der Waals surface area (Å²) in [4.78, 5) is 2.19. The minimum absolute atomic E-state index is 0.0793. The van der Waals surface area contributed by atoms with Crippen LogP contribution in [0.4, 0.5) is 10.1 Å². The number of nitrogens with one attached hydrogen (secondary N) is 1. The second kappa shape index (κ2) is 7.07. The lowest BCUT2D eigenvalue weighted by Gasteiger charge is -2.21. The topological polar surface area (TPSA) is 15.3 Å². The van der Waals surface area contributed by atoms with Crippen molar-refractivity contribution in [2.75, 3.05) is 24.5 Å². The molecule has 2 rings (SSSR count). The first-order chi connectivity index (χ1) is 9.65. The minimum Gasteiger partial charge on any atom is -0.369 e. The highest BCUT2D eigenvalue weighted by molar-refractivity contribution is 5.50. The largest absolute Gasteiger partial charge is 0.369 e. The number of rotatable bonds is 6. The normalized spacial score (nSPS) is 20.4. The van der Waals surface area contributed by atoms with Gasteiger partial charge in [-0.3, -0.25) is 0 Å². The molecule has 0 aromatic heterocycles. The van der Waals surface area contributed by atoms with Crippen molar-refractivity contribution in [3.63, 3.8) is 0 Å². The van der Waals surface area contributed by atoms with Crippen molar-refractivity contribution in [3.05, 3.63) is 29.6 Å². The van der Waals surface area contributed by atoms with Crippen LogP contribution in [0.25, 0.3) is 0 Å². The van der Waals surface area contributed by atoms with E-state index in [4.69, 9.17) is 0 Å². The van der Waals surface area contributed by atoms with Crippen molar-refractivity contribution in [2.24, 2.45) is 5.92 Å². The van der Waals surface area contributed by atoms with E-state index in [2.05, 4.69) is 37.1 Å². The van der Waals surface area contributed by atoms with Crippen LogP contribution >= 0.6 is 0 Å². The molecule has 3 heteroatoms. The average molecular weight is 278 g/mol. The SMILES string of the molecule is CCCNC(C)c1ccc(N2CCC(CC)C2)c(F)c1. The van der Waals surface area contributed by atoms with E-state index in [1.807, 2.05) is 6.07 Å². The fraction of sp³-hybridized carbons (Fsp3) is 0.647. The molecule has 1 N–H and O–H groups in total. The van der Waals surface area contributed by atoms with Gasteiger partial charge in [-0.1, -0.05) is 26.3 Å². The van der Waals surface area contributed by atoms with Crippen molar-refractivity contribution in [2.45, 2.75) is 46.1 Å². The Balaban J connectivity index is 2.06. The third-order valence-electron chi connectivity index (χ3n) is 4.38. The minimum atomic E-state index is -0.0793. The molecule has 0 saturated carbocycles. The molecule has 1 aliphatic rings. The first kappa shape index (κ1) is 15.3. The van der Waals surface area contributed by atoms with Crippen LogP contribution in [-0.2, 0) is 0 Å². The molecular weight excluding hydrogens is 251 g/mol. The monoisotopic (exact) mass is 278 g/mol. The summed E-state index contributed by atoms with van der Waals surface area (Å²) in [5.41, 5.74) is 1.80. The van der Waals surface area contributed by atoms with Crippen LogP contribution in [0.1, 0.15) is 51.6 Å². The van der Waals surface area contributed by atoms with Crippen LogP contribution in [0, 0.1) is 11.7 Å². The Morgan fingerprint density at radius 1 is 1.40 bits per heavy atom. The zero-order valence-electron chi connectivity index (χ0n) is 13.0. The number of benzene rings is 1. The zero-order valence-corrected chi connectivity index (χ0v) is 13.0. The Morgan fingerprint density at radius 3 is 2.80 bits per heavy atom. The van der Waals surface area contributed by atoms with E-state index in [0.717, 1.165) is 43.2 Å². The van der Waals surface area contributed by atoms with Gasteiger partial charge in [0.1, 0.15) is 5.82 Å². The highest BCUT2D eigenvalue weighted by atomic mass is 19.1. The summed E-state index contributed by atoms with van der Waals surface area (Å²) >= 11 is 0. The fourth-order valence-corrected chi connectivity index (χ4v) is 2.91. The number of hydrogen-bond donors (Lipinski definition) is 1. The Kier molecular flexibility index (Phi) is 5.41. The lowest BCUT2D eigenvalue weighted by atomic mass is 10.1. The Labute approximate surface area is 122 Å². The van der Waals surface area contributed by atoms with E-state index >= 15 is 0 Å². The van der Waals surface area contributed by atoms with Gasteiger partial charge in [-0.15, -0.1) is 0 Å². The quantitative estimate of drug-likeness (QED) is 0.842. The second-order valence-electron chi connectivity index (χ2n) is 5.90. The molecule has 2 unspecified atom stereocenters. The molecule has 1 fully saturated rings. The van der Waals surface area contributed by atoms with Crippen molar-refractivity contribution in [1.29, 1.82) is 0 Å². The summed E-state index contributed by atoms with van der Waals surface area (Å²) in [6, 6.07) is 5.92. The molecule has 1 heterocycles. The molecule has 20 heavy (non-hydrogen) atoms. The molecule has 1 saturated heterocycles. The maximum absolute atomic E-state index is 14.3. The van der Waals surface area contributed by atoms with Gasteiger partial charge >= 0.3 is 0 Å². The summed E-state index contributed by atoms with van der Waals surface area (Å²) in [5.74, 6) is 0.642. The number of nitrogens with zero attached hydrogens (tertiary/aromatic N) is 1. The predicted octanol–water partition coefficient (Wildman–Crippen LogP) is 4.12. The summed E-state index contributed by atoms with van der Waals surface area (Å²) < 4.78 is 14.3. The van der Waals surface area contributed by atoms with Gasteiger partial charge in [-0.2, -0.15) is 0 Å². The summed E-state index contributed by atoms with van der Waals surface area (Å²) in [5, 5.41) is 3.40. The molecular formula is C17H27FN2. The molecule has 0 aliphatic carbocycles. The predicted molar refractivity (Wildman–Crippen MR) is 83.7 cm³/mol. The molecule has 2 atom stereocenters. The first-order valence-corrected chi connectivity index (χ1v) is 7.93. The maximum Gasteiger partial charge on any atom is 0.146 e. The molecule has 0 radical (unpaired) electrons. The van der Waals surface area contributed by atoms with Gasteiger partial charge in [0.05, 0.1) is 5.69 Å². The van der Waals surface area contributed by atoms with Gasteiger partial charge in [0, 0.05) is 19.1 Å². The van der Waals surface area contributed by atoms with E-state index in [0.29, 0.717) is 0 Å². The van der Waals surface area contributed by atoms with E-state index in [-0.39, 0.29) is 11.9 Å². The Bertz CT molecular complexity index is 433. The van der Waals surface area contributed by atoms with Crippen LogP contribution in [0.2, 0.25) is 0 Å². The van der Waals surface area contributed by atoms with Crippen LogP contribution in [0.15, 0.2) is 18.2 Å². The molecule has 0 amide bonds. The summed E-state index contributed by atoms with van der Waals surface area (Å²) in [6.45, 7) is 9.40. The van der Waals surface area contributed by atoms with Crippen LogP contribution < -0.4 is 10.2 Å². The number of halogens is 1. The molecule has 1 aliphatic heterocycles. The van der Waals surface area contributed by atoms with Gasteiger partial charge in [0.2, 0.25) is 0 Å². The maximum atomic E-state index is 14.3. The van der Waals surface area contributed by atoms with Gasteiger partial charge in [0.15, 0.2) is 0 Å². The summed E-state index contributed by atoms with van der Waals surface area (Å²) in [6.07, 6.45) is 3.47. The Hall–Kier alpha value is -1.09. The molecule has 1 aromatic rings. The molecule has 1 aromatic carbocycles. The second-order valence-corrected chi connectivity index (χ2v) is 5.90. The smallest absolute Gasteiger partial charge is 0.146 e. The standard InChI is InChI=1S/C17H27FN2/c1-4-9-19-13(3)15-6-7-17(16(18)11-15)20-10-8-14(5-2)12-20/h6-7,11,13-14,19H,4-5,8-10,12H2,1-3H3. The molecule has 2 nitrogen and oxygen atoms in total. The van der Waals surface area contributed by atoms with E-state index in [9.17, 15) is 4.39 Å². The van der Waals surface area contributed by atoms with Crippen molar-refractivity contribution < 1.29 is 4.39 Å². The van der Waals surface area contributed by atoms with Crippen LogP contribution in [0.3, 0.4) is 0 Å². The third-order valence-corrected chi connectivity index (χ3v) is 4.38. The fourth-order valence-electron chi connectivity index (χ4n) is 2.91. The van der Waals surface area contributed by atoms with Crippen molar-refractivity contribution >= 4 is 5.69 Å². The average Bonchev–Trinajstić information content (AvgIpc) is 2.93. The first-order valence-electron chi connectivity index (χ1n) is 7.93. The third kappa shape index (κ3) is 3.51. The van der Waals surface area contributed by atoms with E-state index in [1.54, 1.807) is 6.07 Å².